The van der Waals surface area contributed by atoms with Crippen molar-refractivity contribution in [2.24, 2.45) is 0 Å². The molecule has 0 N–H and O–H groups in total. The zero-order valence-corrected chi connectivity index (χ0v) is 20.1. The van der Waals surface area contributed by atoms with Gasteiger partial charge in [-0.3, -0.25) is 0 Å². The molecule has 1 saturated carbocycles. The van der Waals surface area contributed by atoms with Crippen molar-refractivity contribution in [3.8, 4) is 22.4 Å². The summed E-state index contributed by atoms with van der Waals surface area (Å²) in [5.74, 6) is 1.54. The maximum absolute atomic E-state index is 5.62. The molecule has 2 aromatic carbocycles. The van der Waals surface area contributed by atoms with Crippen LogP contribution in [0, 0.1) is 0 Å². The van der Waals surface area contributed by atoms with Crippen LogP contribution in [0.25, 0.3) is 22.4 Å². The van der Waals surface area contributed by atoms with E-state index in [-0.39, 0.29) is 17.0 Å². The Hall–Kier alpha value is -1.91. The first-order valence-electron chi connectivity index (χ1n) is 11.7. The van der Waals surface area contributed by atoms with Crippen LogP contribution in [0.15, 0.2) is 60.8 Å². The van der Waals surface area contributed by atoms with Gasteiger partial charge in [-0.2, -0.15) is 0 Å². The number of ether oxygens (including phenoxy) is 1. The summed E-state index contributed by atoms with van der Waals surface area (Å²) in [6.45, 7) is 1.14. The normalized spacial score (nSPS) is 21.1. The van der Waals surface area contributed by atoms with Crippen molar-refractivity contribution in [3.63, 3.8) is 0 Å². The Bertz CT molecular complexity index is 972. The van der Waals surface area contributed by atoms with Crippen LogP contribution in [0.3, 0.4) is 0 Å². The van der Waals surface area contributed by atoms with Crippen LogP contribution in [0.4, 0.5) is 0 Å². The predicted octanol–water partition coefficient (Wildman–Crippen LogP) is 2.97. The fourth-order valence-corrected chi connectivity index (χ4v) is 5.37. The summed E-state index contributed by atoms with van der Waals surface area (Å²) in [5.41, 5.74) is 5.29. The van der Waals surface area contributed by atoms with Gasteiger partial charge in [0.1, 0.15) is 12.2 Å². The molecule has 0 saturated heterocycles. The Morgan fingerprint density at radius 3 is 2.19 bits per heavy atom. The quantitative estimate of drug-likeness (QED) is 0.525. The molecule has 0 spiro atoms. The highest BCUT2D eigenvalue weighted by molar-refractivity contribution is 5.68. The number of rotatable bonds is 4. The monoisotopic (exact) mass is 480 g/mol. The van der Waals surface area contributed by atoms with E-state index in [2.05, 4.69) is 69.9 Å². The first-order valence-corrected chi connectivity index (χ1v) is 11.7. The summed E-state index contributed by atoms with van der Waals surface area (Å²) in [6.07, 6.45) is 12.9. The molecule has 2 heterocycles. The van der Waals surface area contributed by atoms with Crippen LogP contribution in [0.5, 0.6) is 0 Å². The molecule has 1 aliphatic heterocycles. The van der Waals surface area contributed by atoms with Crippen molar-refractivity contribution in [1.82, 2.24) is 4.57 Å². The van der Waals surface area contributed by atoms with E-state index in [0.717, 1.165) is 6.54 Å². The molecule has 3 aromatic rings. The Morgan fingerprint density at radius 1 is 0.806 bits per heavy atom. The summed E-state index contributed by atoms with van der Waals surface area (Å²) < 4.78 is 10.9. The first kappa shape index (κ1) is 22.3. The fraction of sp³-hybridized carbons (Fsp3) is 0.444. The third-order valence-electron chi connectivity index (χ3n) is 7.10. The maximum atomic E-state index is 5.62. The second kappa shape index (κ2) is 10.1. The van der Waals surface area contributed by atoms with Crippen molar-refractivity contribution in [1.29, 1.82) is 0 Å². The average Bonchev–Trinajstić information content (AvgIpc) is 3.00. The van der Waals surface area contributed by atoms with Gasteiger partial charge in [0, 0.05) is 19.1 Å². The zero-order valence-electron chi connectivity index (χ0n) is 18.5. The van der Waals surface area contributed by atoms with Crippen molar-refractivity contribution in [3.05, 3.63) is 66.6 Å². The van der Waals surface area contributed by atoms with E-state index in [0.29, 0.717) is 12.1 Å². The molecule has 2 aliphatic rings. The number of fused-ring (bicyclic) bond motifs is 1. The van der Waals surface area contributed by atoms with Crippen LogP contribution < -0.4 is 21.5 Å². The molecule has 0 atom stereocenters. The molecule has 5 rings (SSSR count). The molecule has 4 heteroatoms. The number of benzene rings is 2. The van der Waals surface area contributed by atoms with E-state index in [1.54, 1.807) is 0 Å². The van der Waals surface area contributed by atoms with Crippen LogP contribution in [-0.4, -0.2) is 17.8 Å². The Balaban J connectivity index is 0.00000231. The van der Waals surface area contributed by atoms with Gasteiger partial charge in [-0.05, 0) is 68.2 Å². The van der Waals surface area contributed by atoms with E-state index in [9.17, 15) is 0 Å². The smallest absolute Gasteiger partial charge is 0.257 e. The fourth-order valence-electron chi connectivity index (χ4n) is 5.37. The molecule has 1 aliphatic carbocycles. The minimum atomic E-state index is 0. The topological polar surface area (TPSA) is 18.0 Å². The largest absolute Gasteiger partial charge is 1.00 e. The molecule has 0 radical (unpaired) electrons. The number of nitrogens with zero attached hydrogens (tertiary/aromatic N) is 2. The third-order valence-corrected chi connectivity index (χ3v) is 7.10. The lowest BCUT2D eigenvalue weighted by Crippen LogP contribution is -3.00. The van der Waals surface area contributed by atoms with Gasteiger partial charge in [0.15, 0.2) is 5.69 Å². The van der Waals surface area contributed by atoms with Crippen LogP contribution in [-0.2, 0) is 17.7 Å². The summed E-state index contributed by atoms with van der Waals surface area (Å²) in [4.78, 5) is 0. The van der Waals surface area contributed by atoms with Crippen molar-refractivity contribution < 1.29 is 26.3 Å². The molecule has 3 nitrogen and oxygen atoms in total. The second-order valence-electron chi connectivity index (χ2n) is 8.91. The molecular weight excluding hydrogens is 448 g/mol. The number of methoxy groups -OCH3 is 1. The van der Waals surface area contributed by atoms with E-state index < -0.39 is 0 Å². The highest BCUT2D eigenvalue weighted by Gasteiger charge is 2.32. The number of hydrogen-bond acceptors (Lipinski definition) is 1. The van der Waals surface area contributed by atoms with Gasteiger partial charge in [0.25, 0.3) is 5.82 Å². The SMILES string of the molecule is COC1CCC([n+]2cc(-c3ccc(-c4ccccc4)cc3)n3c2CCCCC3)CC1.[Br-]. The highest BCUT2D eigenvalue weighted by Crippen LogP contribution is 2.31. The summed E-state index contributed by atoms with van der Waals surface area (Å²) >= 11 is 0. The van der Waals surface area contributed by atoms with Crippen molar-refractivity contribution in [2.75, 3.05) is 7.11 Å². The molecular formula is C27H33BrN2O. The molecule has 1 aromatic heterocycles. The van der Waals surface area contributed by atoms with Gasteiger partial charge >= 0.3 is 0 Å². The van der Waals surface area contributed by atoms with Crippen LogP contribution in [0.1, 0.15) is 56.8 Å². The standard InChI is InChI=1S/C27H33N2O.BrH/c1-30-25-17-15-24(16-18-25)29-20-26(28-19-7-3-6-10-27(28)29)23-13-11-22(12-14-23)21-8-4-2-5-9-21;/h2,4-5,8-9,11-14,20,24-25H,3,6-7,10,15-19H2,1H3;1H/q+1;/p-1. The second-order valence-corrected chi connectivity index (χ2v) is 8.91. The van der Waals surface area contributed by atoms with Crippen LogP contribution in [0.2, 0.25) is 0 Å². The number of imidazole rings is 1. The third kappa shape index (κ3) is 4.65. The Kier molecular flexibility index (Phi) is 7.29. The maximum Gasteiger partial charge on any atom is 0.257 e. The summed E-state index contributed by atoms with van der Waals surface area (Å²) in [7, 11) is 1.86. The highest BCUT2D eigenvalue weighted by atomic mass is 79.9. The first-order chi connectivity index (χ1) is 14.8. The molecule has 1 fully saturated rings. The Labute approximate surface area is 196 Å². The lowest BCUT2D eigenvalue weighted by Gasteiger charge is -2.26. The van der Waals surface area contributed by atoms with Gasteiger partial charge < -0.3 is 21.7 Å². The van der Waals surface area contributed by atoms with Crippen molar-refractivity contribution >= 4 is 0 Å². The molecule has 31 heavy (non-hydrogen) atoms. The number of hydrogen-bond donors (Lipinski definition) is 0. The van der Waals surface area contributed by atoms with E-state index >= 15 is 0 Å². The zero-order chi connectivity index (χ0) is 20.3. The van der Waals surface area contributed by atoms with Gasteiger partial charge in [0.2, 0.25) is 0 Å². The van der Waals surface area contributed by atoms with Crippen LogP contribution >= 0.6 is 0 Å². The molecule has 0 amide bonds. The lowest BCUT2D eigenvalue weighted by atomic mass is 9.92. The van der Waals surface area contributed by atoms with E-state index in [4.69, 9.17) is 4.74 Å². The average molecular weight is 481 g/mol. The van der Waals surface area contributed by atoms with Gasteiger partial charge in [-0.25, -0.2) is 9.13 Å². The molecule has 0 unspecified atom stereocenters. The van der Waals surface area contributed by atoms with E-state index in [1.807, 2.05) is 7.11 Å². The minimum absolute atomic E-state index is 0. The Morgan fingerprint density at radius 2 is 1.48 bits per heavy atom. The molecule has 164 valence electrons. The number of aromatic nitrogens is 2. The van der Waals surface area contributed by atoms with Gasteiger partial charge in [0.05, 0.1) is 12.6 Å². The van der Waals surface area contributed by atoms with Gasteiger partial charge in [-0.1, -0.05) is 42.5 Å². The lowest BCUT2D eigenvalue weighted by molar-refractivity contribution is -0.732. The van der Waals surface area contributed by atoms with E-state index in [1.165, 1.54) is 79.6 Å². The summed E-state index contributed by atoms with van der Waals surface area (Å²) in [6, 6.07) is 20.4. The summed E-state index contributed by atoms with van der Waals surface area (Å²) in [5, 5.41) is 0. The van der Waals surface area contributed by atoms with Crippen molar-refractivity contribution in [2.45, 2.75) is 70.1 Å². The number of halogens is 1. The minimum Gasteiger partial charge on any atom is -1.00 e. The molecule has 0 bridgehead atoms. The van der Waals surface area contributed by atoms with Gasteiger partial charge in [-0.15, -0.1) is 0 Å². The predicted molar refractivity (Wildman–Crippen MR) is 121 cm³/mol.